The second-order valence-electron chi connectivity index (χ2n) is 6.07. The number of nitrogens with one attached hydrogen (secondary N) is 2. The van der Waals surface area contributed by atoms with E-state index < -0.39 is 5.60 Å². The molecule has 2 aromatic rings. The van der Waals surface area contributed by atoms with Crippen molar-refractivity contribution >= 4 is 16.8 Å². The highest BCUT2D eigenvalue weighted by molar-refractivity contribution is 5.86. The Hall–Kier alpha value is -2.33. The maximum atomic E-state index is 12.0. The van der Waals surface area contributed by atoms with Crippen molar-refractivity contribution in [1.29, 1.82) is 0 Å². The molecule has 0 bridgehead atoms. The molecule has 2 aromatic carbocycles. The van der Waals surface area contributed by atoms with Crippen molar-refractivity contribution in [1.82, 2.24) is 10.6 Å². The number of hydrogen-bond donors (Lipinski definition) is 3. The van der Waals surface area contributed by atoms with Crippen molar-refractivity contribution in [3.05, 3.63) is 60.2 Å². The molecular weight excluding hydrogens is 288 g/mol. The third-order valence-corrected chi connectivity index (χ3v) is 4.28. The Labute approximate surface area is 136 Å². The molecule has 0 fully saturated rings. The molecule has 0 unspecified atom stereocenters. The summed E-state index contributed by atoms with van der Waals surface area (Å²) in [6, 6.07) is 13.9. The summed E-state index contributed by atoms with van der Waals surface area (Å²) in [6.45, 7) is 0.701. The summed E-state index contributed by atoms with van der Waals surface area (Å²) in [7, 11) is 0. The van der Waals surface area contributed by atoms with E-state index in [1.54, 1.807) is 6.08 Å². The van der Waals surface area contributed by atoms with Gasteiger partial charge in [0.25, 0.3) is 0 Å². The summed E-state index contributed by atoms with van der Waals surface area (Å²) < 4.78 is 0. The van der Waals surface area contributed by atoms with Gasteiger partial charge in [0.1, 0.15) is 5.60 Å². The first-order chi connectivity index (χ1) is 11.2. The Morgan fingerprint density at radius 2 is 1.96 bits per heavy atom. The molecule has 0 spiro atoms. The Morgan fingerprint density at radius 1 is 1.13 bits per heavy atom. The normalized spacial score (nSPS) is 20.4. The summed E-state index contributed by atoms with van der Waals surface area (Å²) in [5.41, 5.74) is 0.171. The highest BCUT2D eigenvalue weighted by atomic mass is 16.3. The molecule has 0 radical (unpaired) electrons. The molecule has 0 saturated carbocycles. The standard InChI is InChI=1S/C19H22N2O2/c22-18(21-14-19(23)11-4-1-5-12-19)20-13-16-9-6-8-15-7-2-3-10-17(15)16/h2-4,6-11,23H,1,5,12-14H2,(H2,20,21,22)/t19-/m0/s1. The zero-order chi connectivity index (χ0) is 16.1. The van der Waals surface area contributed by atoms with E-state index in [2.05, 4.69) is 28.8 Å². The van der Waals surface area contributed by atoms with Crippen LogP contribution in [0.2, 0.25) is 0 Å². The lowest BCUT2D eigenvalue weighted by Crippen LogP contribution is -2.45. The number of urea groups is 1. The van der Waals surface area contributed by atoms with E-state index in [1.807, 2.05) is 30.3 Å². The minimum Gasteiger partial charge on any atom is -0.384 e. The third kappa shape index (κ3) is 3.90. The van der Waals surface area contributed by atoms with E-state index in [-0.39, 0.29) is 12.6 Å². The lowest BCUT2D eigenvalue weighted by atomic mass is 9.91. The summed E-state index contributed by atoms with van der Waals surface area (Å²) in [6.07, 6.45) is 6.40. The predicted molar refractivity (Wildman–Crippen MR) is 92.1 cm³/mol. The largest absolute Gasteiger partial charge is 0.384 e. The first-order valence-electron chi connectivity index (χ1n) is 8.05. The van der Waals surface area contributed by atoms with Gasteiger partial charge in [0.15, 0.2) is 0 Å². The van der Waals surface area contributed by atoms with Gasteiger partial charge in [0.2, 0.25) is 0 Å². The minimum atomic E-state index is -0.908. The quantitative estimate of drug-likeness (QED) is 0.760. The molecular formula is C19H22N2O2. The number of carbonyl (C=O) groups excluding carboxylic acids is 1. The highest BCUT2D eigenvalue weighted by Gasteiger charge is 2.25. The van der Waals surface area contributed by atoms with Crippen molar-refractivity contribution in [2.45, 2.75) is 31.4 Å². The van der Waals surface area contributed by atoms with E-state index in [0.717, 1.165) is 29.2 Å². The van der Waals surface area contributed by atoms with Gasteiger partial charge >= 0.3 is 6.03 Å². The summed E-state index contributed by atoms with van der Waals surface area (Å²) >= 11 is 0. The van der Waals surface area contributed by atoms with Crippen LogP contribution >= 0.6 is 0 Å². The van der Waals surface area contributed by atoms with Crippen LogP contribution in [0.3, 0.4) is 0 Å². The molecule has 1 aliphatic carbocycles. The van der Waals surface area contributed by atoms with E-state index in [0.29, 0.717) is 13.0 Å². The minimum absolute atomic E-state index is 0.241. The molecule has 0 aromatic heterocycles. The SMILES string of the molecule is O=C(NCc1cccc2ccccc12)NC[C@]1(O)C=CCCC1. The average molecular weight is 310 g/mol. The van der Waals surface area contributed by atoms with Crippen molar-refractivity contribution in [3.63, 3.8) is 0 Å². The Balaban J connectivity index is 1.56. The smallest absolute Gasteiger partial charge is 0.315 e. The number of carbonyl (C=O) groups is 1. The monoisotopic (exact) mass is 310 g/mol. The van der Waals surface area contributed by atoms with E-state index in [9.17, 15) is 9.90 Å². The molecule has 0 saturated heterocycles. The van der Waals surface area contributed by atoms with Gasteiger partial charge in [0, 0.05) is 6.54 Å². The molecule has 3 rings (SSSR count). The van der Waals surface area contributed by atoms with Gasteiger partial charge in [0.05, 0.1) is 6.54 Å². The fourth-order valence-corrected chi connectivity index (χ4v) is 2.98. The number of allylic oxidation sites excluding steroid dienone is 1. The van der Waals surface area contributed by atoms with Gasteiger partial charge in [-0.05, 0) is 35.6 Å². The molecule has 0 aliphatic heterocycles. The van der Waals surface area contributed by atoms with Crippen LogP contribution < -0.4 is 10.6 Å². The van der Waals surface area contributed by atoms with E-state index in [1.165, 1.54) is 0 Å². The molecule has 4 nitrogen and oxygen atoms in total. The number of aliphatic hydroxyl groups is 1. The van der Waals surface area contributed by atoms with Gasteiger partial charge in [-0.15, -0.1) is 0 Å². The van der Waals surface area contributed by atoms with Gasteiger partial charge < -0.3 is 15.7 Å². The lowest BCUT2D eigenvalue weighted by Gasteiger charge is -2.27. The molecule has 2 amide bonds. The Morgan fingerprint density at radius 3 is 2.78 bits per heavy atom. The van der Waals surface area contributed by atoms with Gasteiger partial charge in [-0.1, -0.05) is 54.6 Å². The van der Waals surface area contributed by atoms with Crippen LogP contribution in [0.5, 0.6) is 0 Å². The van der Waals surface area contributed by atoms with Crippen molar-refractivity contribution in [2.24, 2.45) is 0 Å². The fourth-order valence-electron chi connectivity index (χ4n) is 2.98. The topological polar surface area (TPSA) is 61.4 Å². The molecule has 23 heavy (non-hydrogen) atoms. The number of amides is 2. The molecule has 3 N–H and O–H groups in total. The molecule has 0 heterocycles. The fraction of sp³-hybridized carbons (Fsp3) is 0.316. The lowest BCUT2D eigenvalue weighted by molar-refractivity contribution is 0.0762. The maximum Gasteiger partial charge on any atom is 0.315 e. The van der Waals surface area contributed by atoms with E-state index in [4.69, 9.17) is 0 Å². The van der Waals surface area contributed by atoms with Gasteiger partial charge in [-0.25, -0.2) is 4.79 Å². The highest BCUT2D eigenvalue weighted by Crippen LogP contribution is 2.21. The van der Waals surface area contributed by atoms with Crippen molar-refractivity contribution in [3.8, 4) is 0 Å². The first-order valence-corrected chi connectivity index (χ1v) is 8.05. The van der Waals surface area contributed by atoms with Crippen LogP contribution in [0, 0.1) is 0 Å². The number of rotatable bonds is 4. The second-order valence-corrected chi connectivity index (χ2v) is 6.07. The van der Waals surface area contributed by atoms with Crippen LogP contribution in [0.4, 0.5) is 4.79 Å². The zero-order valence-corrected chi connectivity index (χ0v) is 13.1. The number of benzene rings is 2. The Bertz CT molecular complexity index is 721. The summed E-state index contributed by atoms with van der Waals surface area (Å²) in [5.74, 6) is 0. The number of hydrogen-bond acceptors (Lipinski definition) is 2. The molecule has 1 atom stereocenters. The van der Waals surface area contributed by atoms with Crippen LogP contribution in [-0.2, 0) is 6.54 Å². The van der Waals surface area contributed by atoms with Gasteiger partial charge in [-0.2, -0.15) is 0 Å². The first kappa shape index (κ1) is 15.6. The molecule has 1 aliphatic rings. The van der Waals surface area contributed by atoms with Crippen LogP contribution in [0.25, 0.3) is 10.8 Å². The molecule has 4 heteroatoms. The van der Waals surface area contributed by atoms with E-state index >= 15 is 0 Å². The summed E-state index contributed by atoms with van der Waals surface area (Å²) in [4.78, 5) is 12.0. The zero-order valence-electron chi connectivity index (χ0n) is 13.1. The number of fused-ring (bicyclic) bond motifs is 1. The molecule has 120 valence electrons. The van der Waals surface area contributed by atoms with Crippen LogP contribution in [-0.4, -0.2) is 23.3 Å². The second kappa shape index (κ2) is 6.84. The third-order valence-electron chi connectivity index (χ3n) is 4.28. The van der Waals surface area contributed by atoms with Gasteiger partial charge in [-0.3, -0.25) is 0 Å². The Kier molecular flexibility index (Phi) is 4.63. The average Bonchev–Trinajstić information content (AvgIpc) is 2.59. The predicted octanol–water partition coefficient (Wildman–Crippen LogP) is 3.11. The van der Waals surface area contributed by atoms with Crippen LogP contribution in [0.1, 0.15) is 24.8 Å². The maximum absolute atomic E-state index is 12.0. The van der Waals surface area contributed by atoms with Crippen LogP contribution in [0.15, 0.2) is 54.6 Å². The summed E-state index contributed by atoms with van der Waals surface area (Å²) in [5, 5.41) is 18.2. The van der Waals surface area contributed by atoms with Crippen molar-refractivity contribution < 1.29 is 9.90 Å². The van der Waals surface area contributed by atoms with Crippen molar-refractivity contribution in [2.75, 3.05) is 6.54 Å².